The van der Waals surface area contributed by atoms with Crippen LogP contribution >= 0.6 is 23.5 Å². The Hall–Kier alpha value is -0.440. The normalized spacial score (nSPS) is 11.9. The van der Waals surface area contributed by atoms with Crippen LogP contribution in [0.1, 0.15) is 0 Å². The predicted molar refractivity (Wildman–Crippen MR) is 54.4 cm³/mol. The lowest BCUT2D eigenvalue weighted by molar-refractivity contribution is -0.119. The van der Waals surface area contributed by atoms with Gasteiger partial charge in [0.05, 0.1) is 5.75 Å². The largest absolute Gasteiger partial charge is 0.294 e. The number of carbonyl (C=O) groups is 2. The fourth-order valence-electron chi connectivity index (χ4n) is 0.512. The summed E-state index contributed by atoms with van der Waals surface area (Å²) in [6.07, 6.45) is 1.76. The number of hydrazine groups is 2. The smallest absolute Gasteiger partial charge is 0.257 e. The van der Waals surface area contributed by atoms with Crippen LogP contribution in [0.25, 0.3) is 0 Å². The van der Waals surface area contributed by atoms with E-state index in [1.165, 1.54) is 23.5 Å². The zero-order valence-corrected chi connectivity index (χ0v) is 8.71. The molecule has 0 aliphatic rings. The number of nitrogens with two attached hydrogens (primary N) is 2. The molecule has 0 aliphatic heterocycles. The van der Waals surface area contributed by atoms with E-state index >= 15 is 0 Å². The second-order valence-electron chi connectivity index (χ2n) is 1.95. The van der Waals surface area contributed by atoms with Gasteiger partial charge in [0.1, 0.15) is 4.58 Å². The van der Waals surface area contributed by atoms with Gasteiger partial charge >= 0.3 is 0 Å². The average molecular weight is 224 g/mol. The molecule has 0 aromatic carbocycles. The lowest BCUT2D eigenvalue weighted by Crippen LogP contribution is -2.37. The molecule has 6 N–H and O–H groups in total. The molecule has 1 atom stereocenters. The molecule has 0 aromatic heterocycles. The Labute approximate surface area is 84.5 Å². The van der Waals surface area contributed by atoms with Gasteiger partial charge in [-0.1, -0.05) is 0 Å². The maximum absolute atomic E-state index is 11.0. The zero-order valence-electron chi connectivity index (χ0n) is 7.07. The molecule has 0 bridgehead atoms. The molecule has 76 valence electrons. The summed E-state index contributed by atoms with van der Waals surface area (Å²) < 4.78 is -0.387. The van der Waals surface area contributed by atoms with Crippen LogP contribution in [0.3, 0.4) is 0 Å². The van der Waals surface area contributed by atoms with Gasteiger partial charge in [-0.15, -0.1) is 23.5 Å². The quantitative estimate of drug-likeness (QED) is 0.193. The van der Waals surface area contributed by atoms with Crippen molar-refractivity contribution < 1.29 is 9.59 Å². The maximum Gasteiger partial charge on any atom is 0.257 e. The number of nitrogens with one attached hydrogen (secondary N) is 2. The second-order valence-corrected chi connectivity index (χ2v) is 4.29. The maximum atomic E-state index is 11.0. The van der Waals surface area contributed by atoms with E-state index in [0.29, 0.717) is 0 Å². The van der Waals surface area contributed by atoms with E-state index < -0.39 is 0 Å². The molecule has 0 heterocycles. The Morgan fingerprint density at radius 3 is 2.38 bits per heavy atom. The first kappa shape index (κ1) is 12.6. The van der Waals surface area contributed by atoms with Crippen LogP contribution in [-0.4, -0.2) is 28.4 Å². The molecule has 13 heavy (non-hydrogen) atoms. The summed E-state index contributed by atoms with van der Waals surface area (Å²) in [6.45, 7) is 0. The molecule has 0 aromatic rings. The number of hydrogen-bond donors (Lipinski definition) is 4. The first-order valence-corrected chi connectivity index (χ1v) is 5.63. The molecule has 0 spiro atoms. The van der Waals surface area contributed by atoms with E-state index in [-0.39, 0.29) is 22.1 Å². The van der Waals surface area contributed by atoms with Crippen molar-refractivity contribution in [2.75, 3.05) is 12.0 Å². The third kappa shape index (κ3) is 4.98. The topological polar surface area (TPSA) is 110 Å². The third-order valence-corrected chi connectivity index (χ3v) is 3.67. The zero-order chi connectivity index (χ0) is 10.3. The number of amides is 2. The first-order valence-electron chi connectivity index (χ1n) is 3.30. The molecule has 8 heteroatoms. The highest BCUT2D eigenvalue weighted by Crippen LogP contribution is 2.20. The van der Waals surface area contributed by atoms with Gasteiger partial charge in [-0.2, -0.15) is 0 Å². The lowest BCUT2D eigenvalue weighted by atomic mass is 10.7. The predicted octanol–water partition coefficient (Wildman–Crippen LogP) is -1.61. The third-order valence-electron chi connectivity index (χ3n) is 1.10. The van der Waals surface area contributed by atoms with Crippen LogP contribution in [0.15, 0.2) is 0 Å². The van der Waals surface area contributed by atoms with Crippen LogP contribution in [-0.2, 0) is 9.59 Å². The number of rotatable bonds is 5. The molecule has 0 radical (unpaired) electrons. The highest BCUT2D eigenvalue weighted by atomic mass is 32.2. The summed E-state index contributed by atoms with van der Waals surface area (Å²) in [5.41, 5.74) is 3.98. The Kier molecular flexibility index (Phi) is 6.77. The first-order chi connectivity index (χ1) is 6.15. The molecule has 0 saturated carbocycles. The van der Waals surface area contributed by atoms with Gasteiger partial charge in [0.2, 0.25) is 5.91 Å². The van der Waals surface area contributed by atoms with Gasteiger partial charge < -0.3 is 0 Å². The highest BCUT2D eigenvalue weighted by Gasteiger charge is 2.17. The van der Waals surface area contributed by atoms with Gasteiger partial charge in [-0.3, -0.25) is 20.4 Å². The fourth-order valence-corrected chi connectivity index (χ4v) is 2.15. The summed E-state index contributed by atoms with van der Waals surface area (Å²) in [5.74, 6) is 9.29. The standard InChI is InChI=1S/C5H12N4O2S2/c1-12-5(4(11)9-7)13-2-3(10)8-6/h5H,2,6-7H2,1H3,(H,8,10)(H,9,11). The van der Waals surface area contributed by atoms with Crippen molar-refractivity contribution in [3.05, 3.63) is 0 Å². The summed E-state index contributed by atoms with van der Waals surface area (Å²) in [7, 11) is 0. The van der Waals surface area contributed by atoms with E-state index in [2.05, 4.69) is 0 Å². The van der Waals surface area contributed by atoms with Crippen LogP contribution < -0.4 is 22.5 Å². The summed E-state index contributed by atoms with van der Waals surface area (Å²) >= 11 is 2.47. The van der Waals surface area contributed by atoms with Gasteiger partial charge in [0.25, 0.3) is 5.91 Å². The van der Waals surface area contributed by atoms with Crippen molar-refractivity contribution in [1.82, 2.24) is 10.9 Å². The summed E-state index contributed by atoms with van der Waals surface area (Å²) in [4.78, 5) is 21.7. The second kappa shape index (κ2) is 7.01. The molecule has 0 fully saturated rings. The van der Waals surface area contributed by atoms with Gasteiger partial charge in [-0.05, 0) is 6.26 Å². The molecule has 6 nitrogen and oxygen atoms in total. The molecular formula is C5H12N4O2S2. The lowest BCUT2D eigenvalue weighted by Gasteiger charge is -2.10. The van der Waals surface area contributed by atoms with Gasteiger partial charge in [-0.25, -0.2) is 11.7 Å². The van der Waals surface area contributed by atoms with Crippen molar-refractivity contribution in [1.29, 1.82) is 0 Å². The molecule has 0 aliphatic carbocycles. The number of thioether (sulfide) groups is 2. The van der Waals surface area contributed by atoms with Crippen LogP contribution in [0.2, 0.25) is 0 Å². The van der Waals surface area contributed by atoms with Crippen molar-refractivity contribution >= 4 is 35.3 Å². The monoisotopic (exact) mass is 224 g/mol. The minimum atomic E-state index is -0.387. The van der Waals surface area contributed by atoms with Gasteiger partial charge in [0.15, 0.2) is 0 Å². The van der Waals surface area contributed by atoms with E-state index in [0.717, 1.165) is 0 Å². The molecule has 0 rings (SSSR count). The minimum absolute atomic E-state index is 0.134. The Bertz CT molecular complexity index is 189. The molecule has 2 amide bonds. The number of carbonyl (C=O) groups excluding carboxylic acids is 2. The van der Waals surface area contributed by atoms with Crippen LogP contribution in [0.4, 0.5) is 0 Å². The summed E-state index contributed by atoms with van der Waals surface area (Å²) in [6, 6.07) is 0. The summed E-state index contributed by atoms with van der Waals surface area (Å²) in [5, 5.41) is 0. The highest BCUT2D eigenvalue weighted by molar-refractivity contribution is 8.18. The Morgan fingerprint density at radius 1 is 1.38 bits per heavy atom. The molecule has 0 saturated heterocycles. The molecule has 1 unspecified atom stereocenters. The van der Waals surface area contributed by atoms with E-state index in [1.54, 1.807) is 6.26 Å². The van der Waals surface area contributed by atoms with Crippen molar-refractivity contribution in [3.8, 4) is 0 Å². The van der Waals surface area contributed by atoms with Crippen LogP contribution in [0, 0.1) is 0 Å². The number of hydrogen-bond acceptors (Lipinski definition) is 6. The van der Waals surface area contributed by atoms with E-state index in [9.17, 15) is 9.59 Å². The van der Waals surface area contributed by atoms with Crippen LogP contribution in [0.5, 0.6) is 0 Å². The van der Waals surface area contributed by atoms with E-state index in [4.69, 9.17) is 11.7 Å². The Morgan fingerprint density at radius 2 is 2.00 bits per heavy atom. The average Bonchev–Trinajstić information content (AvgIpc) is 2.17. The van der Waals surface area contributed by atoms with Crippen molar-refractivity contribution in [2.45, 2.75) is 4.58 Å². The SMILES string of the molecule is CSC(SCC(=O)NN)C(=O)NN. The Balaban J connectivity index is 3.85. The van der Waals surface area contributed by atoms with E-state index in [1.807, 2.05) is 10.9 Å². The van der Waals surface area contributed by atoms with Crippen molar-refractivity contribution in [2.24, 2.45) is 11.7 Å². The minimum Gasteiger partial charge on any atom is -0.294 e. The van der Waals surface area contributed by atoms with Crippen molar-refractivity contribution in [3.63, 3.8) is 0 Å². The fraction of sp³-hybridized carbons (Fsp3) is 0.600. The van der Waals surface area contributed by atoms with Gasteiger partial charge in [0, 0.05) is 0 Å². The molecular weight excluding hydrogens is 212 g/mol.